The van der Waals surface area contributed by atoms with E-state index in [0.717, 1.165) is 32.5 Å². The number of anilines is 1. The Morgan fingerprint density at radius 2 is 1.97 bits per heavy atom. The number of rotatable bonds is 5. The van der Waals surface area contributed by atoms with E-state index in [9.17, 15) is 9.50 Å². The van der Waals surface area contributed by atoms with Crippen LogP contribution in [0.4, 0.5) is 14.6 Å². The summed E-state index contributed by atoms with van der Waals surface area (Å²) in [6.07, 6.45) is 2.15. The number of ether oxygens (including phenoxy) is 1. The maximum atomic E-state index is 15.7. The standard InChI is InChI=1S/C28H30F2N6O2/c1-16-14-31-8-10-36(16)27-21-13-23(30)25(20-12-19(37)11-17-5-3-7-22(29)24(17)20)32-26(21)33-28(34-27)38-15-18-6-4-9-35(18)2/h3,5,7,11-13,16,18,31,37H,4,6,8-10,14-15H2,1-2H3/t16-,18+/m1/s1. The Labute approximate surface area is 219 Å². The first kappa shape index (κ1) is 24.7. The lowest BCUT2D eigenvalue weighted by Crippen LogP contribution is -2.50. The van der Waals surface area contributed by atoms with Crippen molar-refractivity contribution in [3.63, 3.8) is 0 Å². The van der Waals surface area contributed by atoms with Crippen molar-refractivity contribution in [2.75, 3.05) is 44.7 Å². The van der Waals surface area contributed by atoms with Gasteiger partial charge in [0.05, 0.1) is 5.39 Å². The van der Waals surface area contributed by atoms with Crippen LogP contribution in [0, 0.1) is 11.6 Å². The lowest BCUT2D eigenvalue weighted by molar-refractivity contribution is 0.188. The fourth-order valence-corrected chi connectivity index (χ4v) is 5.54. The zero-order valence-electron chi connectivity index (χ0n) is 21.4. The van der Waals surface area contributed by atoms with Gasteiger partial charge in [0, 0.05) is 42.7 Å². The number of fused-ring (bicyclic) bond motifs is 2. The number of likely N-dealkylation sites (tertiary alicyclic amines) is 1. The lowest BCUT2D eigenvalue weighted by atomic mass is 10.00. The third-order valence-electron chi connectivity index (χ3n) is 7.62. The van der Waals surface area contributed by atoms with Gasteiger partial charge in [-0.1, -0.05) is 12.1 Å². The summed E-state index contributed by atoms with van der Waals surface area (Å²) < 4.78 is 36.7. The van der Waals surface area contributed by atoms with E-state index in [1.54, 1.807) is 12.1 Å². The average molecular weight is 521 g/mol. The average Bonchev–Trinajstić information content (AvgIpc) is 3.31. The minimum absolute atomic E-state index is 0.0945. The van der Waals surface area contributed by atoms with E-state index in [-0.39, 0.29) is 46.1 Å². The van der Waals surface area contributed by atoms with Gasteiger partial charge in [-0.05, 0) is 63.0 Å². The quantitative estimate of drug-likeness (QED) is 0.407. The third-order valence-corrected chi connectivity index (χ3v) is 7.62. The van der Waals surface area contributed by atoms with Crippen molar-refractivity contribution in [2.45, 2.75) is 31.8 Å². The van der Waals surface area contributed by atoms with Gasteiger partial charge in [-0.2, -0.15) is 9.97 Å². The molecule has 0 bridgehead atoms. The Bertz CT molecular complexity index is 1520. The van der Waals surface area contributed by atoms with Crippen LogP contribution in [0.2, 0.25) is 0 Å². The second-order valence-corrected chi connectivity index (χ2v) is 10.2. The minimum Gasteiger partial charge on any atom is -0.508 e. The molecule has 6 rings (SSSR count). The van der Waals surface area contributed by atoms with Crippen LogP contribution in [0.5, 0.6) is 11.8 Å². The Morgan fingerprint density at radius 1 is 1.11 bits per heavy atom. The number of nitrogens with zero attached hydrogens (tertiary/aromatic N) is 5. The van der Waals surface area contributed by atoms with Gasteiger partial charge in [0.2, 0.25) is 0 Å². The Hall–Kier alpha value is -3.63. The molecule has 0 radical (unpaired) electrons. The molecule has 8 nitrogen and oxygen atoms in total. The number of pyridine rings is 1. The molecule has 4 heterocycles. The third kappa shape index (κ3) is 4.48. The van der Waals surface area contributed by atoms with Gasteiger partial charge in [0.15, 0.2) is 5.65 Å². The summed E-state index contributed by atoms with van der Waals surface area (Å²) in [5, 5.41) is 14.8. The molecule has 10 heteroatoms. The van der Waals surface area contributed by atoms with E-state index >= 15 is 4.39 Å². The van der Waals surface area contributed by atoms with Gasteiger partial charge >= 0.3 is 6.01 Å². The van der Waals surface area contributed by atoms with Gasteiger partial charge in [-0.15, -0.1) is 0 Å². The molecule has 4 aromatic rings. The van der Waals surface area contributed by atoms with Crippen molar-refractivity contribution in [3.05, 3.63) is 48.0 Å². The molecule has 2 aliphatic heterocycles. The number of piperazine rings is 1. The van der Waals surface area contributed by atoms with E-state index in [4.69, 9.17) is 9.72 Å². The predicted molar refractivity (Wildman–Crippen MR) is 143 cm³/mol. The van der Waals surface area contributed by atoms with Gasteiger partial charge in [-0.25, -0.2) is 13.8 Å². The van der Waals surface area contributed by atoms with Crippen LogP contribution in [0.1, 0.15) is 19.8 Å². The molecule has 0 saturated carbocycles. The van der Waals surface area contributed by atoms with Gasteiger partial charge in [0.25, 0.3) is 0 Å². The zero-order chi connectivity index (χ0) is 26.4. The van der Waals surface area contributed by atoms with Crippen molar-refractivity contribution < 1.29 is 18.6 Å². The highest BCUT2D eigenvalue weighted by Gasteiger charge is 2.27. The van der Waals surface area contributed by atoms with Crippen molar-refractivity contribution in [3.8, 4) is 23.0 Å². The number of likely N-dealkylation sites (N-methyl/N-ethyl adjacent to an activating group) is 1. The van der Waals surface area contributed by atoms with Crippen LogP contribution >= 0.6 is 0 Å². The van der Waals surface area contributed by atoms with E-state index in [1.807, 2.05) is 0 Å². The number of nitrogens with one attached hydrogen (secondary N) is 1. The van der Waals surface area contributed by atoms with Crippen LogP contribution in [-0.4, -0.2) is 76.9 Å². The summed E-state index contributed by atoms with van der Waals surface area (Å²) in [5.41, 5.74) is 0.311. The lowest BCUT2D eigenvalue weighted by Gasteiger charge is -2.35. The molecule has 2 aromatic carbocycles. The number of hydrogen-bond acceptors (Lipinski definition) is 8. The molecule has 2 aliphatic rings. The molecule has 0 amide bonds. The first-order chi connectivity index (χ1) is 18.4. The minimum atomic E-state index is -0.651. The molecule has 2 fully saturated rings. The number of hydrogen-bond donors (Lipinski definition) is 2. The van der Waals surface area contributed by atoms with Crippen LogP contribution in [0.15, 0.2) is 36.4 Å². The van der Waals surface area contributed by atoms with E-state index in [2.05, 4.69) is 39.1 Å². The molecule has 38 heavy (non-hydrogen) atoms. The second-order valence-electron chi connectivity index (χ2n) is 10.2. The van der Waals surface area contributed by atoms with Crippen LogP contribution in [0.25, 0.3) is 33.1 Å². The topological polar surface area (TPSA) is 86.6 Å². The molecule has 198 valence electrons. The SMILES string of the molecule is C[C@@H]1CNCCN1c1nc(OC[C@@H]2CCCN2C)nc2nc(-c3cc(O)cc4cccc(F)c34)c(F)cc12. The van der Waals surface area contributed by atoms with E-state index in [1.165, 1.54) is 24.3 Å². The highest BCUT2D eigenvalue weighted by Crippen LogP contribution is 2.37. The molecular weight excluding hydrogens is 490 g/mol. The smallest absolute Gasteiger partial charge is 0.320 e. The van der Waals surface area contributed by atoms with Crippen LogP contribution in [0.3, 0.4) is 0 Å². The number of phenols is 1. The number of halogens is 2. The van der Waals surface area contributed by atoms with Gasteiger partial charge < -0.3 is 25.0 Å². The van der Waals surface area contributed by atoms with Crippen molar-refractivity contribution in [2.24, 2.45) is 0 Å². The first-order valence-corrected chi connectivity index (χ1v) is 13.0. The van der Waals surface area contributed by atoms with E-state index in [0.29, 0.717) is 29.7 Å². The van der Waals surface area contributed by atoms with Gasteiger partial charge in [0.1, 0.15) is 35.5 Å². The maximum absolute atomic E-state index is 15.7. The summed E-state index contributed by atoms with van der Waals surface area (Å²) >= 11 is 0. The fourth-order valence-electron chi connectivity index (χ4n) is 5.54. The zero-order valence-corrected chi connectivity index (χ0v) is 21.4. The number of aromatic hydroxyl groups is 1. The van der Waals surface area contributed by atoms with Gasteiger partial charge in [-0.3, -0.25) is 0 Å². The predicted octanol–water partition coefficient (Wildman–Crippen LogP) is 4.10. The second kappa shape index (κ2) is 9.92. The molecule has 2 saturated heterocycles. The monoisotopic (exact) mass is 520 g/mol. The first-order valence-electron chi connectivity index (χ1n) is 13.0. The van der Waals surface area contributed by atoms with Crippen molar-refractivity contribution in [1.29, 1.82) is 0 Å². The molecule has 2 N–H and O–H groups in total. The Balaban J connectivity index is 1.51. The maximum Gasteiger partial charge on any atom is 0.320 e. The highest BCUT2D eigenvalue weighted by atomic mass is 19.1. The molecule has 0 spiro atoms. The normalized spacial score (nSPS) is 20.5. The van der Waals surface area contributed by atoms with Crippen LogP contribution < -0.4 is 15.0 Å². The van der Waals surface area contributed by atoms with Crippen LogP contribution in [-0.2, 0) is 0 Å². The summed E-state index contributed by atoms with van der Waals surface area (Å²) in [7, 11) is 2.07. The summed E-state index contributed by atoms with van der Waals surface area (Å²) in [6, 6.07) is 9.21. The summed E-state index contributed by atoms with van der Waals surface area (Å²) in [6.45, 7) is 5.75. The van der Waals surface area contributed by atoms with Crippen molar-refractivity contribution in [1.82, 2.24) is 25.2 Å². The molecule has 2 atom stereocenters. The van der Waals surface area contributed by atoms with Crippen molar-refractivity contribution >= 4 is 27.6 Å². The fraction of sp³-hybridized carbons (Fsp3) is 0.393. The number of benzene rings is 2. The van der Waals surface area contributed by atoms with E-state index < -0.39 is 11.6 Å². The largest absolute Gasteiger partial charge is 0.508 e. The number of aromatic nitrogens is 3. The number of phenolic OH excluding ortho intramolecular Hbond substituents is 1. The highest BCUT2D eigenvalue weighted by molar-refractivity contribution is 5.99. The molecule has 0 aliphatic carbocycles. The molecule has 2 aromatic heterocycles. The Kier molecular flexibility index (Phi) is 6.45. The molecule has 0 unspecified atom stereocenters. The summed E-state index contributed by atoms with van der Waals surface area (Å²) in [4.78, 5) is 18.2. The Morgan fingerprint density at radius 3 is 2.76 bits per heavy atom. The summed E-state index contributed by atoms with van der Waals surface area (Å²) in [5.74, 6) is -0.728. The molecular formula is C28H30F2N6O2.